The summed E-state index contributed by atoms with van der Waals surface area (Å²) in [5.41, 5.74) is 3.19. The van der Waals surface area contributed by atoms with Gasteiger partial charge in [0.15, 0.2) is 0 Å². The quantitative estimate of drug-likeness (QED) is 0.865. The second-order valence-electron chi connectivity index (χ2n) is 5.50. The Labute approximate surface area is 125 Å². The predicted molar refractivity (Wildman–Crippen MR) is 84.1 cm³/mol. The second-order valence-corrected chi connectivity index (χ2v) is 5.50. The van der Waals surface area contributed by atoms with Crippen LogP contribution in [-0.2, 0) is 13.6 Å². The maximum absolute atomic E-state index is 9.21. The second kappa shape index (κ2) is 6.02. The van der Waals surface area contributed by atoms with Crippen LogP contribution in [0.2, 0.25) is 0 Å². The Morgan fingerprint density at radius 2 is 1.81 bits per heavy atom. The van der Waals surface area contributed by atoms with Crippen molar-refractivity contribution in [3.63, 3.8) is 0 Å². The third kappa shape index (κ3) is 2.93. The van der Waals surface area contributed by atoms with Crippen LogP contribution in [0.3, 0.4) is 0 Å². The van der Waals surface area contributed by atoms with Crippen LogP contribution in [0, 0.1) is 11.3 Å². The molecule has 0 amide bonds. The predicted octanol–water partition coefficient (Wildman–Crippen LogP) is 2.22. The van der Waals surface area contributed by atoms with Gasteiger partial charge >= 0.3 is 0 Å². The first-order valence-electron chi connectivity index (χ1n) is 7.34. The highest BCUT2D eigenvalue weighted by atomic mass is 15.3. The molecular weight excluding hydrogens is 260 g/mol. The number of nitrogens with zero attached hydrogens (tertiary/aromatic N) is 4. The maximum Gasteiger partial charge on any atom is 0.101 e. The van der Waals surface area contributed by atoms with Gasteiger partial charge in [0, 0.05) is 51.7 Å². The molecule has 1 saturated heterocycles. The molecule has 1 aromatic carbocycles. The molecule has 0 atom stereocenters. The molecule has 0 N–H and O–H groups in total. The zero-order valence-electron chi connectivity index (χ0n) is 12.4. The van der Waals surface area contributed by atoms with Gasteiger partial charge < -0.3 is 9.47 Å². The van der Waals surface area contributed by atoms with E-state index in [1.54, 1.807) is 0 Å². The van der Waals surface area contributed by atoms with E-state index in [1.807, 2.05) is 24.3 Å². The lowest BCUT2D eigenvalue weighted by molar-refractivity contribution is 0.245. The topological polar surface area (TPSA) is 35.2 Å². The van der Waals surface area contributed by atoms with Crippen LogP contribution in [0.25, 0.3) is 0 Å². The summed E-state index contributed by atoms with van der Waals surface area (Å²) in [5, 5.41) is 9.21. The Morgan fingerprint density at radius 1 is 1.05 bits per heavy atom. The third-order valence-electron chi connectivity index (χ3n) is 4.17. The molecule has 0 saturated carbocycles. The van der Waals surface area contributed by atoms with Crippen LogP contribution >= 0.6 is 0 Å². The summed E-state index contributed by atoms with van der Waals surface area (Å²) in [6.07, 6.45) is 2.09. The van der Waals surface area contributed by atoms with Gasteiger partial charge in [-0.05, 0) is 24.3 Å². The van der Waals surface area contributed by atoms with Crippen LogP contribution in [0.15, 0.2) is 42.6 Å². The smallest absolute Gasteiger partial charge is 0.101 e. The summed E-state index contributed by atoms with van der Waals surface area (Å²) in [5.74, 6) is 0. The summed E-state index contributed by atoms with van der Waals surface area (Å²) >= 11 is 0. The summed E-state index contributed by atoms with van der Waals surface area (Å²) in [6, 6.07) is 14.4. The zero-order chi connectivity index (χ0) is 14.7. The molecule has 0 bridgehead atoms. The van der Waals surface area contributed by atoms with Crippen molar-refractivity contribution >= 4 is 5.69 Å². The van der Waals surface area contributed by atoms with Gasteiger partial charge in [-0.1, -0.05) is 12.1 Å². The lowest BCUT2D eigenvalue weighted by atomic mass is 10.1. The minimum atomic E-state index is 0.772. The fraction of sp³-hybridized carbons (Fsp3) is 0.353. The highest BCUT2D eigenvalue weighted by molar-refractivity contribution is 5.59. The van der Waals surface area contributed by atoms with E-state index in [-0.39, 0.29) is 0 Å². The van der Waals surface area contributed by atoms with E-state index >= 15 is 0 Å². The minimum Gasteiger partial charge on any atom is -0.368 e. The Balaban J connectivity index is 1.63. The summed E-state index contributed by atoms with van der Waals surface area (Å²) in [7, 11) is 2.09. The highest BCUT2D eigenvalue weighted by Gasteiger charge is 2.19. The number of para-hydroxylation sites is 1. The fourth-order valence-electron chi connectivity index (χ4n) is 2.88. The van der Waals surface area contributed by atoms with Crippen molar-refractivity contribution in [2.75, 3.05) is 31.1 Å². The number of aryl methyl sites for hydroxylation is 1. The van der Waals surface area contributed by atoms with Crippen LogP contribution in [0.4, 0.5) is 5.69 Å². The number of aromatic nitrogens is 1. The normalized spacial score (nSPS) is 15.9. The SMILES string of the molecule is Cn1cccc1CN1CCN(c2ccccc2C#N)CC1. The van der Waals surface area contributed by atoms with Crippen molar-refractivity contribution in [2.45, 2.75) is 6.54 Å². The average Bonchev–Trinajstić information content (AvgIpc) is 2.93. The van der Waals surface area contributed by atoms with Gasteiger partial charge in [-0.3, -0.25) is 4.90 Å². The third-order valence-corrected chi connectivity index (χ3v) is 4.17. The molecular formula is C17H20N4. The van der Waals surface area contributed by atoms with Crippen LogP contribution in [0.1, 0.15) is 11.3 Å². The van der Waals surface area contributed by atoms with Gasteiger partial charge in [0.25, 0.3) is 0 Å². The fourth-order valence-corrected chi connectivity index (χ4v) is 2.88. The van der Waals surface area contributed by atoms with E-state index in [9.17, 15) is 5.26 Å². The van der Waals surface area contributed by atoms with Gasteiger partial charge in [-0.15, -0.1) is 0 Å². The molecule has 21 heavy (non-hydrogen) atoms. The maximum atomic E-state index is 9.21. The van der Waals surface area contributed by atoms with Crippen molar-refractivity contribution < 1.29 is 0 Å². The number of piperazine rings is 1. The standard InChI is InChI=1S/C17H20N4/c1-19-8-4-6-16(19)14-20-9-11-21(12-10-20)17-7-3-2-5-15(17)13-18/h2-8H,9-12,14H2,1H3. The number of hydrogen-bond donors (Lipinski definition) is 0. The van der Waals surface area contributed by atoms with Crippen LogP contribution < -0.4 is 4.90 Å². The number of anilines is 1. The van der Waals surface area contributed by atoms with E-state index in [2.05, 4.69) is 45.8 Å². The molecule has 1 fully saturated rings. The highest BCUT2D eigenvalue weighted by Crippen LogP contribution is 2.21. The van der Waals surface area contributed by atoms with Gasteiger partial charge in [-0.25, -0.2) is 0 Å². The van der Waals surface area contributed by atoms with E-state index in [1.165, 1.54) is 5.69 Å². The van der Waals surface area contributed by atoms with E-state index < -0.39 is 0 Å². The first-order chi connectivity index (χ1) is 10.3. The van der Waals surface area contributed by atoms with Crippen molar-refractivity contribution in [3.05, 3.63) is 53.9 Å². The molecule has 3 rings (SSSR count). The molecule has 0 spiro atoms. The van der Waals surface area contributed by atoms with Crippen molar-refractivity contribution in [2.24, 2.45) is 7.05 Å². The Kier molecular flexibility index (Phi) is 3.94. The first-order valence-corrected chi connectivity index (χ1v) is 7.34. The number of hydrogen-bond acceptors (Lipinski definition) is 3. The number of nitriles is 1. The van der Waals surface area contributed by atoms with Gasteiger partial charge in [-0.2, -0.15) is 5.26 Å². The monoisotopic (exact) mass is 280 g/mol. The minimum absolute atomic E-state index is 0.772. The van der Waals surface area contributed by atoms with Gasteiger partial charge in [0.2, 0.25) is 0 Å². The lowest BCUT2D eigenvalue weighted by Crippen LogP contribution is -2.46. The van der Waals surface area contributed by atoms with E-state index in [0.29, 0.717) is 0 Å². The molecule has 1 aliphatic heterocycles. The van der Waals surface area contributed by atoms with Gasteiger partial charge in [0.1, 0.15) is 6.07 Å². The summed E-state index contributed by atoms with van der Waals surface area (Å²) in [4.78, 5) is 4.79. The zero-order valence-corrected chi connectivity index (χ0v) is 12.4. The summed E-state index contributed by atoms with van der Waals surface area (Å²) in [6.45, 7) is 5.01. The van der Waals surface area contributed by atoms with E-state index in [0.717, 1.165) is 44.0 Å². The molecule has 1 aromatic heterocycles. The van der Waals surface area contributed by atoms with Gasteiger partial charge in [0.05, 0.1) is 11.3 Å². The molecule has 108 valence electrons. The largest absolute Gasteiger partial charge is 0.368 e. The van der Waals surface area contributed by atoms with Crippen LogP contribution in [-0.4, -0.2) is 35.6 Å². The lowest BCUT2D eigenvalue weighted by Gasteiger charge is -2.36. The molecule has 4 heteroatoms. The Morgan fingerprint density at radius 3 is 2.48 bits per heavy atom. The molecule has 4 nitrogen and oxygen atoms in total. The van der Waals surface area contributed by atoms with Crippen LogP contribution in [0.5, 0.6) is 0 Å². The molecule has 2 heterocycles. The molecule has 0 unspecified atom stereocenters. The average molecular weight is 280 g/mol. The molecule has 1 aliphatic rings. The molecule has 2 aromatic rings. The number of benzene rings is 1. The van der Waals surface area contributed by atoms with Crippen molar-refractivity contribution in [1.82, 2.24) is 9.47 Å². The Bertz CT molecular complexity index is 645. The van der Waals surface area contributed by atoms with E-state index in [4.69, 9.17) is 0 Å². The number of rotatable bonds is 3. The van der Waals surface area contributed by atoms with Crippen molar-refractivity contribution in [3.8, 4) is 6.07 Å². The van der Waals surface area contributed by atoms with Crippen molar-refractivity contribution in [1.29, 1.82) is 5.26 Å². The summed E-state index contributed by atoms with van der Waals surface area (Å²) < 4.78 is 2.18. The molecule has 0 aliphatic carbocycles. The first kappa shape index (κ1) is 13.7. The Hall–Kier alpha value is -2.25. The molecule has 0 radical (unpaired) electrons.